The van der Waals surface area contributed by atoms with Gasteiger partial charge in [0.05, 0.1) is 10.6 Å². The van der Waals surface area contributed by atoms with Crippen molar-refractivity contribution in [2.45, 2.75) is 69.5 Å². The summed E-state index contributed by atoms with van der Waals surface area (Å²) in [5, 5.41) is 3.09. The number of benzene rings is 3. The minimum absolute atomic E-state index is 0.000416. The Hall–Kier alpha value is -3.72. The maximum Gasteiger partial charge on any atom is 0.264 e. The maximum absolute atomic E-state index is 14.0. The van der Waals surface area contributed by atoms with Gasteiger partial charge in [-0.15, -0.1) is 0 Å². The number of carbonyl (C=O) groups is 2. The number of nitrogens with zero attached hydrogens (tertiary/aromatic N) is 2. The Labute approximate surface area is 236 Å². The highest BCUT2D eigenvalue weighted by Gasteiger charge is 2.33. The molecule has 40 heavy (non-hydrogen) atoms. The van der Waals surface area contributed by atoms with Gasteiger partial charge in [0, 0.05) is 12.6 Å². The Morgan fingerprint density at radius 3 is 2.27 bits per heavy atom. The topological polar surface area (TPSA) is 86.8 Å². The Kier molecular flexibility index (Phi) is 9.58. The van der Waals surface area contributed by atoms with Crippen LogP contribution in [0, 0.1) is 12.7 Å². The van der Waals surface area contributed by atoms with Gasteiger partial charge in [0.1, 0.15) is 18.4 Å². The smallest absolute Gasteiger partial charge is 0.264 e. The van der Waals surface area contributed by atoms with Crippen molar-refractivity contribution < 1.29 is 22.4 Å². The highest BCUT2D eigenvalue weighted by atomic mass is 32.2. The zero-order valence-corrected chi connectivity index (χ0v) is 23.7. The summed E-state index contributed by atoms with van der Waals surface area (Å²) in [6.07, 6.45) is 5.05. The summed E-state index contributed by atoms with van der Waals surface area (Å²) in [6.45, 7) is 3.18. The Morgan fingerprint density at radius 2 is 1.62 bits per heavy atom. The average molecular weight is 566 g/mol. The van der Waals surface area contributed by atoms with Crippen molar-refractivity contribution in [3.8, 4) is 0 Å². The second kappa shape index (κ2) is 13.1. The summed E-state index contributed by atoms with van der Waals surface area (Å²) in [6, 6.07) is 19.6. The standard InChI is InChI=1S/C31H36FN3O4S/c1-23-10-9-11-25(20-23)21-34(24(2)31(37)33-27-12-5-3-6-13-27)30(36)22-35(28-18-16-26(32)17-19-28)40(38,39)29-14-7-4-8-15-29/h4,7-11,14-20,24,27H,3,5-6,12-13,21-22H2,1-2H3,(H,33,37). The van der Waals surface area contributed by atoms with E-state index in [4.69, 9.17) is 0 Å². The van der Waals surface area contributed by atoms with Crippen molar-refractivity contribution in [2.75, 3.05) is 10.8 Å². The van der Waals surface area contributed by atoms with Crippen molar-refractivity contribution in [1.82, 2.24) is 10.2 Å². The second-order valence-electron chi connectivity index (χ2n) is 10.3. The molecular formula is C31H36FN3O4S. The fourth-order valence-electron chi connectivity index (χ4n) is 5.01. The molecule has 0 bridgehead atoms. The van der Waals surface area contributed by atoms with Gasteiger partial charge in [0.2, 0.25) is 11.8 Å². The first-order chi connectivity index (χ1) is 19.1. The lowest BCUT2D eigenvalue weighted by atomic mass is 9.95. The average Bonchev–Trinajstić information content (AvgIpc) is 2.95. The molecule has 1 aliphatic carbocycles. The molecular weight excluding hydrogens is 529 g/mol. The van der Waals surface area contributed by atoms with Gasteiger partial charge in [0.15, 0.2) is 0 Å². The first-order valence-electron chi connectivity index (χ1n) is 13.6. The molecule has 1 atom stereocenters. The molecule has 9 heteroatoms. The molecule has 1 aliphatic rings. The third-order valence-electron chi connectivity index (χ3n) is 7.28. The Morgan fingerprint density at radius 1 is 0.950 bits per heavy atom. The van der Waals surface area contributed by atoms with Gasteiger partial charge in [-0.1, -0.05) is 67.3 Å². The van der Waals surface area contributed by atoms with Crippen LogP contribution in [0.4, 0.5) is 10.1 Å². The second-order valence-corrected chi connectivity index (χ2v) is 12.2. The molecule has 0 aliphatic heterocycles. The van der Waals surface area contributed by atoms with Crippen LogP contribution in [0.2, 0.25) is 0 Å². The molecule has 1 fully saturated rings. The molecule has 0 saturated heterocycles. The molecule has 0 aromatic heterocycles. The molecule has 1 unspecified atom stereocenters. The minimum Gasteiger partial charge on any atom is -0.352 e. The fraction of sp³-hybridized carbons (Fsp3) is 0.355. The van der Waals surface area contributed by atoms with E-state index in [9.17, 15) is 22.4 Å². The van der Waals surface area contributed by atoms with E-state index in [1.807, 2.05) is 31.2 Å². The predicted octanol–water partition coefficient (Wildman–Crippen LogP) is 5.20. The van der Waals surface area contributed by atoms with Crippen molar-refractivity contribution in [3.63, 3.8) is 0 Å². The summed E-state index contributed by atoms with van der Waals surface area (Å²) in [5.74, 6) is -1.34. The van der Waals surface area contributed by atoms with Crippen molar-refractivity contribution in [3.05, 3.63) is 95.8 Å². The van der Waals surface area contributed by atoms with Crippen LogP contribution in [0.3, 0.4) is 0 Å². The first kappa shape index (κ1) is 29.3. The minimum atomic E-state index is -4.18. The Bertz CT molecular complexity index is 1410. The number of halogens is 1. The lowest BCUT2D eigenvalue weighted by Crippen LogP contribution is -2.53. The third kappa shape index (κ3) is 7.27. The molecule has 0 heterocycles. The number of aryl methyl sites for hydroxylation is 1. The van der Waals surface area contributed by atoms with E-state index < -0.39 is 34.3 Å². The molecule has 7 nitrogen and oxygen atoms in total. The van der Waals surface area contributed by atoms with Gasteiger partial charge in [-0.25, -0.2) is 12.8 Å². The van der Waals surface area contributed by atoms with Gasteiger partial charge in [-0.3, -0.25) is 13.9 Å². The van der Waals surface area contributed by atoms with E-state index in [-0.39, 0.29) is 29.1 Å². The molecule has 4 rings (SSSR count). The summed E-state index contributed by atoms with van der Waals surface area (Å²) < 4.78 is 42.2. The predicted molar refractivity (Wildman–Crippen MR) is 154 cm³/mol. The van der Waals surface area contributed by atoms with Gasteiger partial charge < -0.3 is 10.2 Å². The molecule has 212 valence electrons. The van der Waals surface area contributed by atoms with Crippen LogP contribution >= 0.6 is 0 Å². The van der Waals surface area contributed by atoms with E-state index in [1.165, 1.54) is 29.2 Å². The van der Waals surface area contributed by atoms with Gasteiger partial charge in [-0.2, -0.15) is 0 Å². The lowest BCUT2D eigenvalue weighted by Gasteiger charge is -2.33. The van der Waals surface area contributed by atoms with Crippen LogP contribution in [0.5, 0.6) is 0 Å². The number of anilines is 1. The van der Waals surface area contributed by atoms with Crippen LogP contribution in [0.15, 0.2) is 83.8 Å². The van der Waals surface area contributed by atoms with Crippen LogP contribution in [-0.4, -0.2) is 43.8 Å². The molecule has 3 aromatic rings. The lowest BCUT2D eigenvalue weighted by molar-refractivity contribution is -0.139. The monoisotopic (exact) mass is 565 g/mol. The molecule has 1 saturated carbocycles. The van der Waals surface area contributed by atoms with Gasteiger partial charge in [0.25, 0.3) is 10.0 Å². The summed E-state index contributed by atoms with van der Waals surface area (Å²) >= 11 is 0. The molecule has 3 aromatic carbocycles. The SMILES string of the molecule is Cc1cccc(CN(C(=O)CN(c2ccc(F)cc2)S(=O)(=O)c2ccccc2)C(C)C(=O)NC2CCCCC2)c1. The number of sulfonamides is 1. The molecule has 2 amide bonds. The normalized spacial score (nSPS) is 14.8. The van der Waals surface area contributed by atoms with Crippen LogP contribution < -0.4 is 9.62 Å². The number of carbonyl (C=O) groups excluding carboxylic acids is 2. The quantitative estimate of drug-likeness (QED) is 0.366. The molecule has 0 radical (unpaired) electrons. The van der Waals surface area contributed by atoms with Crippen molar-refractivity contribution >= 4 is 27.5 Å². The summed E-state index contributed by atoms with van der Waals surface area (Å²) in [7, 11) is -4.18. The van der Waals surface area contributed by atoms with Crippen LogP contribution in [0.1, 0.15) is 50.2 Å². The van der Waals surface area contributed by atoms with E-state index >= 15 is 0 Å². The molecule has 0 spiro atoms. The van der Waals surface area contributed by atoms with E-state index in [0.717, 1.165) is 59.7 Å². The zero-order valence-electron chi connectivity index (χ0n) is 22.9. The van der Waals surface area contributed by atoms with Crippen LogP contribution in [0.25, 0.3) is 0 Å². The van der Waals surface area contributed by atoms with Gasteiger partial charge >= 0.3 is 0 Å². The highest BCUT2D eigenvalue weighted by Crippen LogP contribution is 2.25. The number of nitrogens with one attached hydrogen (secondary N) is 1. The Balaban J connectivity index is 1.66. The number of amides is 2. The maximum atomic E-state index is 14.0. The first-order valence-corrected chi connectivity index (χ1v) is 15.1. The van der Waals surface area contributed by atoms with Crippen molar-refractivity contribution in [2.24, 2.45) is 0 Å². The highest BCUT2D eigenvalue weighted by molar-refractivity contribution is 7.92. The zero-order chi connectivity index (χ0) is 28.7. The van der Waals surface area contributed by atoms with E-state index in [1.54, 1.807) is 25.1 Å². The van der Waals surface area contributed by atoms with Gasteiger partial charge in [-0.05, 0) is 68.7 Å². The molecule has 1 N–H and O–H groups in total. The fourth-order valence-corrected chi connectivity index (χ4v) is 6.45. The van der Waals surface area contributed by atoms with E-state index in [0.29, 0.717) is 0 Å². The van der Waals surface area contributed by atoms with E-state index in [2.05, 4.69) is 5.32 Å². The number of hydrogen-bond acceptors (Lipinski definition) is 4. The van der Waals surface area contributed by atoms with Crippen LogP contribution in [-0.2, 0) is 26.2 Å². The largest absolute Gasteiger partial charge is 0.352 e. The van der Waals surface area contributed by atoms with Crippen molar-refractivity contribution in [1.29, 1.82) is 0 Å². The third-order valence-corrected chi connectivity index (χ3v) is 9.07. The summed E-state index contributed by atoms with van der Waals surface area (Å²) in [5.41, 5.74) is 1.97. The summed E-state index contributed by atoms with van der Waals surface area (Å²) in [4.78, 5) is 28.7. The number of rotatable bonds is 10. The number of hydrogen-bond donors (Lipinski definition) is 1.